The molecule has 8 heteroatoms. The minimum Gasteiger partial charge on any atom is -0.493 e. The maximum atomic E-state index is 11.5. The molecule has 0 spiro atoms. The third-order valence-electron chi connectivity index (χ3n) is 2.69. The molecule has 6 nitrogen and oxygen atoms in total. The second kappa shape index (κ2) is 6.24. The van der Waals surface area contributed by atoms with Gasteiger partial charge in [0.2, 0.25) is 5.76 Å². The fourth-order valence-corrected chi connectivity index (χ4v) is 2.15. The van der Waals surface area contributed by atoms with Gasteiger partial charge < -0.3 is 19.6 Å². The summed E-state index contributed by atoms with van der Waals surface area (Å²) in [6.45, 7) is 0. The molecule has 0 saturated carbocycles. The largest absolute Gasteiger partial charge is 0.493 e. The summed E-state index contributed by atoms with van der Waals surface area (Å²) in [4.78, 5) is 15.6. The summed E-state index contributed by atoms with van der Waals surface area (Å²) < 4.78 is 15.2. The zero-order chi connectivity index (χ0) is 15.6. The number of methoxy groups -OCH3 is 2. The lowest BCUT2D eigenvalue weighted by atomic mass is 10.2. The molecule has 0 bridgehead atoms. The van der Waals surface area contributed by atoms with Gasteiger partial charge >= 0.3 is 5.97 Å². The Morgan fingerprint density at radius 2 is 2.14 bits per heavy atom. The summed E-state index contributed by atoms with van der Waals surface area (Å²) in [6, 6.07) is 3.04. The maximum absolute atomic E-state index is 11.5. The van der Waals surface area contributed by atoms with Gasteiger partial charge in [0.1, 0.15) is 17.1 Å². The lowest BCUT2D eigenvalue weighted by Crippen LogP contribution is -2.12. The van der Waals surface area contributed by atoms with Gasteiger partial charge in [-0.25, -0.2) is 9.79 Å². The molecule has 0 fully saturated rings. The normalized spacial score (nSPS) is 11.7. The van der Waals surface area contributed by atoms with Crippen LogP contribution in [0.4, 0.5) is 5.69 Å². The molecule has 0 radical (unpaired) electrons. The predicted octanol–water partition coefficient (Wildman–Crippen LogP) is 3.11. The number of halogens is 2. The fraction of sp³-hybridized carbons (Fsp3) is 0.231. The number of carbonyl (C=O) groups excluding carboxylic acids is 1. The van der Waals surface area contributed by atoms with Crippen molar-refractivity contribution in [2.24, 2.45) is 10.7 Å². The Morgan fingerprint density at radius 1 is 1.43 bits per heavy atom. The zero-order valence-corrected chi connectivity index (χ0v) is 12.8. The van der Waals surface area contributed by atoms with Crippen molar-refractivity contribution < 1.29 is 18.7 Å². The Morgan fingerprint density at radius 3 is 2.71 bits per heavy atom. The lowest BCUT2D eigenvalue weighted by Gasteiger charge is -2.07. The first-order valence-corrected chi connectivity index (χ1v) is 6.70. The fourth-order valence-electron chi connectivity index (χ4n) is 1.77. The molecular formula is C13H12Cl2N2O4. The Balaban J connectivity index is 2.68. The smallest absolute Gasteiger partial charge is 0.373 e. The highest BCUT2D eigenvalue weighted by Crippen LogP contribution is 2.42. The SMILES string of the molecule is COC(=O)c1cc2c(Cl)c(OC)c(N=C(N)CCl)cc2o1. The molecule has 2 aromatic rings. The van der Waals surface area contributed by atoms with Crippen molar-refractivity contribution in [1.29, 1.82) is 0 Å². The molecule has 21 heavy (non-hydrogen) atoms. The van der Waals surface area contributed by atoms with Crippen LogP contribution in [0.2, 0.25) is 5.02 Å². The number of esters is 1. The summed E-state index contributed by atoms with van der Waals surface area (Å²) in [5.41, 5.74) is 6.34. The summed E-state index contributed by atoms with van der Waals surface area (Å²) >= 11 is 11.9. The number of aliphatic imine (C=N–C) groups is 1. The van der Waals surface area contributed by atoms with Gasteiger partial charge in [-0.05, 0) is 0 Å². The van der Waals surface area contributed by atoms with E-state index in [9.17, 15) is 4.79 Å². The molecular weight excluding hydrogens is 319 g/mol. The van der Waals surface area contributed by atoms with Crippen LogP contribution in [0, 0.1) is 0 Å². The third-order valence-corrected chi connectivity index (χ3v) is 3.34. The van der Waals surface area contributed by atoms with E-state index in [1.165, 1.54) is 20.3 Å². The van der Waals surface area contributed by atoms with Gasteiger partial charge in [-0.3, -0.25) is 0 Å². The van der Waals surface area contributed by atoms with E-state index in [1.807, 2.05) is 0 Å². The molecule has 0 aliphatic heterocycles. The first-order chi connectivity index (χ1) is 10.0. The number of benzene rings is 1. The van der Waals surface area contributed by atoms with Crippen LogP contribution in [0.5, 0.6) is 5.75 Å². The summed E-state index contributed by atoms with van der Waals surface area (Å²) in [6.07, 6.45) is 0. The number of ether oxygens (including phenoxy) is 2. The number of fused-ring (bicyclic) bond motifs is 1. The number of nitrogens with zero attached hydrogens (tertiary/aromatic N) is 1. The van der Waals surface area contributed by atoms with Crippen molar-refractivity contribution in [3.05, 3.63) is 22.9 Å². The standard InChI is InChI=1S/C13H12Cl2N2O4/c1-19-12-7(17-10(16)5-14)4-8-6(11(12)15)3-9(21-8)13(18)20-2/h3-4H,5H2,1-2H3,(H2,16,17). The number of amidine groups is 1. The van der Waals surface area contributed by atoms with E-state index in [-0.39, 0.29) is 22.5 Å². The van der Waals surface area contributed by atoms with Crippen LogP contribution in [0.3, 0.4) is 0 Å². The van der Waals surface area contributed by atoms with Crippen molar-refractivity contribution in [2.45, 2.75) is 0 Å². The summed E-state index contributed by atoms with van der Waals surface area (Å²) in [7, 11) is 2.71. The van der Waals surface area contributed by atoms with Crippen molar-refractivity contribution in [3.8, 4) is 5.75 Å². The molecule has 0 saturated heterocycles. The van der Waals surface area contributed by atoms with E-state index >= 15 is 0 Å². The van der Waals surface area contributed by atoms with Gasteiger partial charge in [0.25, 0.3) is 0 Å². The van der Waals surface area contributed by atoms with E-state index in [0.29, 0.717) is 22.4 Å². The highest BCUT2D eigenvalue weighted by Gasteiger charge is 2.19. The molecule has 2 rings (SSSR count). The molecule has 112 valence electrons. The monoisotopic (exact) mass is 330 g/mol. The van der Waals surface area contributed by atoms with Crippen LogP contribution < -0.4 is 10.5 Å². The van der Waals surface area contributed by atoms with E-state index in [4.69, 9.17) is 38.1 Å². The van der Waals surface area contributed by atoms with Crippen LogP contribution in [-0.2, 0) is 4.74 Å². The Labute approximate surface area is 130 Å². The molecule has 0 atom stereocenters. The number of furan rings is 1. The van der Waals surface area contributed by atoms with Crippen LogP contribution in [0.1, 0.15) is 10.6 Å². The van der Waals surface area contributed by atoms with Gasteiger partial charge in [0.15, 0.2) is 5.75 Å². The first kappa shape index (κ1) is 15.5. The van der Waals surface area contributed by atoms with E-state index in [0.717, 1.165) is 0 Å². The van der Waals surface area contributed by atoms with Crippen LogP contribution in [0.25, 0.3) is 11.0 Å². The lowest BCUT2D eigenvalue weighted by molar-refractivity contribution is 0.0567. The van der Waals surface area contributed by atoms with Crippen molar-refractivity contribution >= 4 is 51.7 Å². The second-order valence-corrected chi connectivity index (χ2v) is 4.64. The average molecular weight is 331 g/mol. The maximum Gasteiger partial charge on any atom is 0.373 e. The molecule has 1 aromatic carbocycles. The number of alkyl halides is 1. The minimum atomic E-state index is -0.605. The van der Waals surface area contributed by atoms with Gasteiger partial charge in [-0.15, -0.1) is 11.6 Å². The molecule has 1 aromatic heterocycles. The van der Waals surface area contributed by atoms with Gasteiger partial charge in [0.05, 0.1) is 25.1 Å². The zero-order valence-electron chi connectivity index (χ0n) is 11.3. The van der Waals surface area contributed by atoms with Gasteiger partial charge in [0, 0.05) is 17.5 Å². The van der Waals surface area contributed by atoms with E-state index < -0.39 is 5.97 Å². The highest BCUT2D eigenvalue weighted by molar-refractivity contribution is 6.37. The quantitative estimate of drug-likeness (QED) is 0.403. The van der Waals surface area contributed by atoms with Crippen molar-refractivity contribution in [3.63, 3.8) is 0 Å². The van der Waals surface area contributed by atoms with Crippen molar-refractivity contribution in [2.75, 3.05) is 20.1 Å². The van der Waals surface area contributed by atoms with Gasteiger partial charge in [-0.1, -0.05) is 11.6 Å². The van der Waals surface area contributed by atoms with Crippen LogP contribution in [0.15, 0.2) is 21.5 Å². The van der Waals surface area contributed by atoms with Crippen LogP contribution >= 0.6 is 23.2 Å². The molecule has 0 aliphatic rings. The van der Waals surface area contributed by atoms with Crippen molar-refractivity contribution in [1.82, 2.24) is 0 Å². The second-order valence-electron chi connectivity index (χ2n) is 3.99. The number of hydrogen-bond acceptors (Lipinski definition) is 5. The first-order valence-electron chi connectivity index (χ1n) is 5.79. The summed E-state index contributed by atoms with van der Waals surface area (Å²) in [5.74, 6) is -0.00118. The number of nitrogens with two attached hydrogens (primary N) is 1. The summed E-state index contributed by atoms with van der Waals surface area (Å²) in [5, 5.41) is 0.771. The predicted molar refractivity (Wildman–Crippen MR) is 81.1 cm³/mol. The van der Waals surface area contributed by atoms with E-state index in [2.05, 4.69) is 9.73 Å². The number of rotatable bonds is 4. The topological polar surface area (TPSA) is 87.0 Å². The van der Waals surface area contributed by atoms with E-state index in [1.54, 1.807) is 6.07 Å². The minimum absolute atomic E-state index is 0.0305. The average Bonchev–Trinajstić information content (AvgIpc) is 2.91. The molecule has 2 N–H and O–H groups in total. The molecule has 0 aliphatic carbocycles. The van der Waals surface area contributed by atoms with Gasteiger partial charge in [-0.2, -0.15) is 0 Å². The Kier molecular flexibility index (Phi) is 4.59. The van der Waals surface area contributed by atoms with Crippen LogP contribution in [-0.4, -0.2) is 31.9 Å². The molecule has 0 unspecified atom stereocenters. The Bertz CT molecular complexity index is 725. The molecule has 0 amide bonds. The number of hydrogen-bond donors (Lipinski definition) is 1. The third kappa shape index (κ3) is 2.91. The Hall–Kier alpha value is -1.92. The highest BCUT2D eigenvalue weighted by atomic mass is 35.5. The number of carbonyl (C=O) groups is 1. The molecule has 1 heterocycles.